The van der Waals surface area contributed by atoms with Crippen LogP contribution in [0.5, 0.6) is 5.75 Å². The summed E-state index contributed by atoms with van der Waals surface area (Å²) >= 11 is 0. The lowest BCUT2D eigenvalue weighted by Gasteiger charge is -2.28. The van der Waals surface area contributed by atoms with E-state index in [0.717, 1.165) is 44.8 Å². The van der Waals surface area contributed by atoms with Crippen molar-refractivity contribution in [2.45, 2.75) is 19.4 Å². The van der Waals surface area contributed by atoms with Crippen LogP contribution in [-0.4, -0.2) is 73.9 Å². The van der Waals surface area contributed by atoms with Gasteiger partial charge < -0.3 is 19.3 Å². The van der Waals surface area contributed by atoms with Crippen LogP contribution in [0.2, 0.25) is 0 Å². The summed E-state index contributed by atoms with van der Waals surface area (Å²) in [6.45, 7) is 6.49. The van der Waals surface area contributed by atoms with Crippen LogP contribution in [0.15, 0.2) is 42.7 Å². The van der Waals surface area contributed by atoms with Crippen molar-refractivity contribution in [1.29, 1.82) is 0 Å². The van der Waals surface area contributed by atoms with E-state index in [-0.39, 0.29) is 5.78 Å². The molecule has 2 saturated heterocycles. The number of hydrogen-bond acceptors (Lipinski definition) is 6. The molecule has 33 heavy (non-hydrogen) atoms. The number of rotatable bonds is 8. The second-order valence-electron chi connectivity index (χ2n) is 8.58. The highest BCUT2D eigenvalue weighted by Crippen LogP contribution is 2.38. The first-order valence-electron chi connectivity index (χ1n) is 11.4. The molecule has 2 aliphatic heterocycles. The number of aromatic nitrogens is 1. The monoisotopic (exact) mass is 452 g/mol. The highest BCUT2D eigenvalue weighted by Gasteiger charge is 2.51. The maximum absolute atomic E-state index is 13.6. The highest BCUT2D eigenvalue weighted by molar-refractivity contribution is 6.44. The van der Waals surface area contributed by atoms with Gasteiger partial charge in [0.15, 0.2) is 5.78 Å². The first-order chi connectivity index (χ1) is 16.0. The van der Waals surface area contributed by atoms with Crippen LogP contribution in [0, 0.1) is 12.8 Å². The molecule has 1 aromatic heterocycles. The molecule has 0 aliphatic carbocycles. The molecule has 2 aliphatic rings. The van der Waals surface area contributed by atoms with E-state index >= 15 is 0 Å². The summed E-state index contributed by atoms with van der Waals surface area (Å²) in [6, 6.07) is 8.05. The number of hydrogen-bond donors (Lipinski definition) is 1. The van der Waals surface area contributed by atoms with Crippen molar-refractivity contribution in [2.24, 2.45) is 5.92 Å². The van der Waals surface area contributed by atoms with Gasteiger partial charge in [-0.3, -0.25) is 19.4 Å². The molecule has 1 amide bonds. The van der Waals surface area contributed by atoms with Crippen molar-refractivity contribution >= 4 is 17.5 Å². The fourth-order valence-corrected chi connectivity index (χ4v) is 4.78. The Balaban J connectivity index is 1.60. The summed E-state index contributed by atoms with van der Waals surface area (Å²) in [5, 5.41) is 0. The van der Waals surface area contributed by atoms with E-state index in [1.807, 2.05) is 0 Å². The number of ether oxygens (including phenoxy) is 2. The Bertz CT molecular complexity index is 1020. The number of Topliss-reactive ketones (excluding diaryl/α,β-unsaturated/α-hetero) is 2. The molecule has 0 spiro atoms. The third-order valence-corrected chi connectivity index (χ3v) is 6.56. The average molecular weight is 453 g/mol. The molecule has 1 N–H and O–H groups in total. The number of ketones is 2. The molecule has 2 aromatic rings. The molecule has 2 unspecified atom stereocenters. The standard InChI is InChI=1S/C25H29N3O5/c1-17-16-19(32-2)4-5-20(17)23(29)21-22(18-6-8-26-9-7-18)28(25(31)24(21)30)11-3-10-27-12-14-33-15-13-27/h4-9,16,21-22H,3,10-15H2,1-2H3/p+1. The number of pyridine rings is 1. The third-order valence-electron chi connectivity index (χ3n) is 6.56. The maximum atomic E-state index is 13.6. The van der Waals surface area contributed by atoms with Gasteiger partial charge >= 0.3 is 0 Å². The summed E-state index contributed by atoms with van der Waals surface area (Å²) in [6.07, 6.45) is 4.00. The summed E-state index contributed by atoms with van der Waals surface area (Å²) < 4.78 is 10.6. The lowest BCUT2D eigenvalue weighted by atomic mass is 9.85. The number of morpholine rings is 1. The van der Waals surface area contributed by atoms with Gasteiger partial charge in [0.05, 0.1) is 32.9 Å². The molecule has 1 aromatic carbocycles. The minimum Gasteiger partial charge on any atom is -0.497 e. The largest absolute Gasteiger partial charge is 0.497 e. The number of nitrogens with one attached hydrogen (secondary N) is 1. The normalized spacial score (nSPS) is 21.5. The lowest BCUT2D eigenvalue weighted by Crippen LogP contribution is -3.14. The van der Waals surface area contributed by atoms with Gasteiger partial charge in [0, 0.05) is 30.9 Å². The molecule has 174 valence electrons. The van der Waals surface area contributed by atoms with E-state index in [1.54, 1.807) is 61.7 Å². The van der Waals surface area contributed by atoms with E-state index < -0.39 is 23.7 Å². The predicted molar refractivity (Wildman–Crippen MR) is 120 cm³/mol. The number of carbonyl (C=O) groups is 3. The Kier molecular flexibility index (Phi) is 7.15. The Morgan fingerprint density at radius 3 is 2.58 bits per heavy atom. The number of benzene rings is 1. The summed E-state index contributed by atoms with van der Waals surface area (Å²) in [4.78, 5) is 46.9. The Hall–Kier alpha value is -3.10. The van der Waals surface area contributed by atoms with Gasteiger partial charge in [0.2, 0.25) is 5.78 Å². The second kappa shape index (κ2) is 10.2. The van der Waals surface area contributed by atoms with E-state index in [1.165, 1.54) is 4.90 Å². The van der Waals surface area contributed by atoms with E-state index in [9.17, 15) is 14.4 Å². The van der Waals surface area contributed by atoms with Crippen LogP contribution in [0.1, 0.15) is 33.9 Å². The quantitative estimate of drug-likeness (QED) is 0.360. The van der Waals surface area contributed by atoms with Crippen LogP contribution in [0.25, 0.3) is 0 Å². The first-order valence-corrected chi connectivity index (χ1v) is 11.4. The van der Waals surface area contributed by atoms with Crippen molar-refractivity contribution < 1.29 is 28.8 Å². The minimum absolute atomic E-state index is 0.336. The molecule has 0 radical (unpaired) electrons. The van der Waals surface area contributed by atoms with Crippen molar-refractivity contribution in [2.75, 3.05) is 46.5 Å². The van der Waals surface area contributed by atoms with Crippen molar-refractivity contribution in [1.82, 2.24) is 9.88 Å². The highest BCUT2D eigenvalue weighted by atomic mass is 16.5. The van der Waals surface area contributed by atoms with Gasteiger partial charge in [0.25, 0.3) is 5.91 Å². The molecule has 0 saturated carbocycles. The zero-order chi connectivity index (χ0) is 23.4. The molecule has 8 heteroatoms. The Morgan fingerprint density at radius 1 is 1.18 bits per heavy atom. The molecule has 4 rings (SSSR count). The molecular weight excluding hydrogens is 422 g/mol. The number of nitrogens with zero attached hydrogens (tertiary/aromatic N) is 2. The molecule has 8 nitrogen and oxygen atoms in total. The smallest absolute Gasteiger partial charge is 0.291 e. The number of methoxy groups -OCH3 is 1. The zero-order valence-electron chi connectivity index (χ0n) is 19.1. The fourth-order valence-electron chi connectivity index (χ4n) is 4.78. The predicted octanol–water partition coefficient (Wildman–Crippen LogP) is 0.655. The molecule has 2 atom stereocenters. The number of carbonyl (C=O) groups excluding carboxylic acids is 3. The van der Waals surface area contributed by atoms with Crippen LogP contribution in [0.3, 0.4) is 0 Å². The minimum atomic E-state index is -1.08. The average Bonchev–Trinajstić information content (AvgIpc) is 3.10. The van der Waals surface area contributed by atoms with Gasteiger partial charge in [-0.2, -0.15) is 0 Å². The Labute approximate surface area is 193 Å². The maximum Gasteiger partial charge on any atom is 0.291 e. The molecular formula is C25H30N3O5+. The topological polar surface area (TPSA) is 90.2 Å². The van der Waals surface area contributed by atoms with Crippen LogP contribution >= 0.6 is 0 Å². The number of quaternary nitrogens is 1. The van der Waals surface area contributed by atoms with Gasteiger partial charge in [-0.15, -0.1) is 0 Å². The number of aryl methyl sites for hydroxylation is 1. The van der Waals surface area contributed by atoms with Crippen molar-refractivity contribution in [3.05, 3.63) is 59.4 Å². The SMILES string of the molecule is COc1ccc(C(=O)C2C(=O)C(=O)N(CCC[NH+]3CCOCC3)C2c2ccncc2)c(C)c1. The van der Waals surface area contributed by atoms with Crippen molar-refractivity contribution in [3.8, 4) is 5.75 Å². The van der Waals surface area contributed by atoms with Gasteiger partial charge in [-0.25, -0.2) is 0 Å². The van der Waals surface area contributed by atoms with Gasteiger partial charge in [-0.1, -0.05) is 0 Å². The lowest BCUT2D eigenvalue weighted by molar-refractivity contribution is -0.908. The summed E-state index contributed by atoms with van der Waals surface area (Å²) in [7, 11) is 1.56. The van der Waals surface area contributed by atoms with Crippen LogP contribution < -0.4 is 9.64 Å². The summed E-state index contributed by atoms with van der Waals surface area (Å²) in [5.41, 5.74) is 1.88. The van der Waals surface area contributed by atoms with E-state index in [2.05, 4.69) is 4.98 Å². The fraction of sp³-hybridized carbons (Fsp3) is 0.440. The third kappa shape index (κ3) is 4.82. The number of amides is 1. The van der Waals surface area contributed by atoms with Crippen LogP contribution in [0.4, 0.5) is 0 Å². The summed E-state index contributed by atoms with van der Waals surface area (Å²) in [5.74, 6) is -2.01. The number of likely N-dealkylation sites (tertiary alicyclic amines) is 1. The van der Waals surface area contributed by atoms with Gasteiger partial charge in [0.1, 0.15) is 24.8 Å². The van der Waals surface area contributed by atoms with Crippen LogP contribution in [-0.2, 0) is 14.3 Å². The molecule has 0 bridgehead atoms. The zero-order valence-corrected chi connectivity index (χ0v) is 19.1. The van der Waals surface area contributed by atoms with Gasteiger partial charge in [-0.05, 0) is 48.4 Å². The van der Waals surface area contributed by atoms with Crippen molar-refractivity contribution in [3.63, 3.8) is 0 Å². The molecule has 3 heterocycles. The first kappa shape index (κ1) is 23.1. The Morgan fingerprint density at radius 2 is 1.91 bits per heavy atom. The molecule has 2 fully saturated rings. The van der Waals surface area contributed by atoms with E-state index in [4.69, 9.17) is 9.47 Å². The second-order valence-corrected chi connectivity index (χ2v) is 8.58. The van der Waals surface area contributed by atoms with E-state index in [0.29, 0.717) is 23.4 Å².